The number of anilines is 1. The molecule has 3 rings (SSSR count). The van der Waals surface area contributed by atoms with Crippen molar-refractivity contribution in [3.8, 4) is 5.75 Å². The van der Waals surface area contributed by atoms with Crippen LogP contribution in [0.3, 0.4) is 0 Å². The van der Waals surface area contributed by atoms with Crippen LogP contribution in [0.15, 0.2) is 66.7 Å². The fourth-order valence-electron chi connectivity index (χ4n) is 2.91. The van der Waals surface area contributed by atoms with Crippen LogP contribution in [0.25, 0.3) is 0 Å². The van der Waals surface area contributed by atoms with Crippen LogP contribution in [0.2, 0.25) is 10.0 Å². The number of likely N-dealkylation sites (N-methyl/N-ethyl adjacent to an activating group) is 1. The van der Waals surface area contributed by atoms with Gasteiger partial charge in [-0.15, -0.1) is 0 Å². The Balaban J connectivity index is 1.67. The van der Waals surface area contributed by atoms with Crippen LogP contribution in [0.5, 0.6) is 5.75 Å². The van der Waals surface area contributed by atoms with Gasteiger partial charge in [0.25, 0.3) is 17.5 Å². The van der Waals surface area contributed by atoms with Crippen molar-refractivity contribution < 1.29 is 19.2 Å². The smallest absolute Gasteiger partial charge is 0.270 e. The van der Waals surface area contributed by atoms with Crippen LogP contribution >= 0.6 is 23.2 Å². The molecule has 0 saturated carbocycles. The molecule has 8 nitrogen and oxygen atoms in total. The van der Waals surface area contributed by atoms with Crippen molar-refractivity contribution in [2.75, 3.05) is 25.5 Å². The lowest BCUT2D eigenvalue weighted by atomic mass is 10.1. The molecule has 0 atom stereocenters. The maximum atomic E-state index is 13.0. The molecule has 10 heteroatoms. The zero-order valence-corrected chi connectivity index (χ0v) is 19.0. The highest BCUT2D eigenvalue weighted by molar-refractivity contribution is 6.34. The second-order valence-corrected chi connectivity index (χ2v) is 7.79. The summed E-state index contributed by atoms with van der Waals surface area (Å²) in [6.07, 6.45) is 0. The molecule has 33 heavy (non-hydrogen) atoms. The predicted octanol–water partition coefficient (Wildman–Crippen LogP) is 5.30. The Labute approximate surface area is 199 Å². The lowest BCUT2D eigenvalue weighted by molar-refractivity contribution is -0.384. The number of amides is 2. The van der Waals surface area contributed by atoms with Gasteiger partial charge in [-0.1, -0.05) is 35.3 Å². The third kappa shape index (κ3) is 6.21. The van der Waals surface area contributed by atoms with Crippen molar-refractivity contribution in [1.82, 2.24) is 4.90 Å². The number of rotatable bonds is 8. The molecule has 0 fully saturated rings. The number of hydrogen-bond acceptors (Lipinski definition) is 5. The molecule has 170 valence electrons. The molecule has 0 saturated heterocycles. The van der Waals surface area contributed by atoms with E-state index in [1.807, 2.05) is 0 Å². The second-order valence-electron chi connectivity index (χ2n) is 6.95. The van der Waals surface area contributed by atoms with E-state index in [1.165, 1.54) is 17.0 Å². The van der Waals surface area contributed by atoms with E-state index in [4.69, 9.17) is 27.9 Å². The SMILES string of the molecule is CN(CCOc1ccc(Cl)cc1)C(=O)c1ccccc1NC(=O)c1ccc([N+](=O)[O-])cc1Cl. The molecule has 0 heterocycles. The molecule has 3 aromatic rings. The Morgan fingerprint density at radius 1 is 1.03 bits per heavy atom. The summed E-state index contributed by atoms with van der Waals surface area (Å²) >= 11 is 11.9. The van der Waals surface area contributed by atoms with Gasteiger partial charge in [-0.05, 0) is 42.5 Å². The van der Waals surface area contributed by atoms with Crippen molar-refractivity contribution >= 4 is 46.4 Å². The van der Waals surface area contributed by atoms with Gasteiger partial charge in [0.2, 0.25) is 0 Å². The molecule has 0 bridgehead atoms. The Hall–Kier alpha value is -3.62. The molecule has 0 unspecified atom stereocenters. The van der Waals surface area contributed by atoms with Crippen molar-refractivity contribution in [3.05, 3.63) is 98.0 Å². The topological polar surface area (TPSA) is 102 Å². The lowest BCUT2D eigenvalue weighted by Crippen LogP contribution is -2.31. The second kappa shape index (κ2) is 10.8. The summed E-state index contributed by atoms with van der Waals surface area (Å²) in [7, 11) is 1.62. The Morgan fingerprint density at radius 2 is 1.73 bits per heavy atom. The van der Waals surface area contributed by atoms with E-state index < -0.39 is 10.8 Å². The minimum absolute atomic E-state index is 0.0502. The minimum Gasteiger partial charge on any atom is -0.492 e. The van der Waals surface area contributed by atoms with Gasteiger partial charge in [-0.2, -0.15) is 0 Å². The van der Waals surface area contributed by atoms with Crippen LogP contribution in [0.4, 0.5) is 11.4 Å². The van der Waals surface area contributed by atoms with E-state index in [0.717, 1.165) is 6.07 Å². The highest BCUT2D eigenvalue weighted by atomic mass is 35.5. The van der Waals surface area contributed by atoms with Gasteiger partial charge >= 0.3 is 0 Å². The molecular weight excluding hydrogens is 469 g/mol. The molecule has 3 aromatic carbocycles. The summed E-state index contributed by atoms with van der Waals surface area (Å²) in [4.78, 5) is 37.4. The van der Waals surface area contributed by atoms with E-state index in [1.54, 1.807) is 55.6 Å². The largest absolute Gasteiger partial charge is 0.492 e. The van der Waals surface area contributed by atoms with E-state index >= 15 is 0 Å². The number of nitro benzene ring substituents is 1. The molecule has 2 amide bonds. The van der Waals surface area contributed by atoms with E-state index in [0.29, 0.717) is 17.3 Å². The van der Waals surface area contributed by atoms with Gasteiger partial charge in [0.15, 0.2) is 0 Å². The molecule has 0 aliphatic rings. The number of para-hydroxylation sites is 1. The maximum absolute atomic E-state index is 13.0. The van der Waals surface area contributed by atoms with E-state index in [-0.39, 0.29) is 40.0 Å². The number of benzene rings is 3. The number of non-ortho nitro benzene ring substituents is 1. The van der Waals surface area contributed by atoms with Crippen molar-refractivity contribution in [1.29, 1.82) is 0 Å². The summed E-state index contributed by atoms with van der Waals surface area (Å²) in [5.74, 6) is -0.280. The zero-order chi connectivity index (χ0) is 24.0. The number of halogens is 2. The summed E-state index contributed by atoms with van der Waals surface area (Å²) in [6, 6.07) is 17.0. The van der Waals surface area contributed by atoms with Crippen molar-refractivity contribution in [2.45, 2.75) is 0 Å². The van der Waals surface area contributed by atoms with Crippen molar-refractivity contribution in [3.63, 3.8) is 0 Å². The predicted molar refractivity (Wildman–Crippen MR) is 126 cm³/mol. The van der Waals surface area contributed by atoms with Gasteiger partial charge in [0, 0.05) is 24.2 Å². The average Bonchev–Trinajstić information content (AvgIpc) is 2.80. The number of nitrogens with zero attached hydrogens (tertiary/aromatic N) is 2. The number of nitrogens with one attached hydrogen (secondary N) is 1. The average molecular weight is 488 g/mol. The quantitative estimate of drug-likeness (QED) is 0.342. The Morgan fingerprint density at radius 3 is 2.39 bits per heavy atom. The molecule has 0 radical (unpaired) electrons. The summed E-state index contributed by atoms with van der Waals surface area (Å²) in [5.41, 5.74) is 0.383. The maximum Gasteiger partial charge on any atom is 0.270 e. The lowest BCUT2D eigenvalue weighted by Gasteiger charge is -2.19. The van der Waals surface area contributed by atoms with Gasteiger partial charge in [0.1, 0.15) is 12.4 Å². The standard InChI is InChI=1S/C23H19Cl2N3O5/c1-27(12-13-33-17-9-6-15(24)7-10-17)23(30)19-4-2-3-5-21(19)26-22(29)18-11-8-16(28(31)32)14-20(18)25/h2-11,14H,12-13H2,1H3,(H,26,29). The molecular formula is C23H19Cl2N3O5. The number of nitro groups is 1. The van der Waals surface area contributed by atoms with Crippen molar-refractivity contribution in [2.24, 2.45) is 0 Å². The van der Waals surface area contributed by atoms with Crippen LogP contribution in [-0.4, -0.2) is 41.8 Å². The number of carbonyl (C=O) groups is 2. The van der Waals surface area contributed by atoms with Gasteiger partial charge < -0.3 is 15.0 Å². The molecule has 0 aromatic heterocycles. The van der Waals surface area contributed by atoms with Gasteiger partial charge in [-0.3, -0.25) is 19.7 Å². The molecule has 0 aliphatic heterocycles. The fourth-order valence-corrected chi connectivity index (χ4v) is 3.29. The normalized spacial score (nSPS) is 10.4. The first-order valence-electron chi connectivity index (χ1n) is 9.74. The Bertz CT molecular complexity index is 1180. The van der Waals surface area contributed by atoms with Gasteiger partial charge in [-0.25, -0.2) is 0 Å². The van der Waals surface area contributed by atoms with Crippen LogP contribution in [0.1, 0.15) is 20.7 Å². The third-order valence-corrected chi connectivity index (χ3v) is 5.23. The third-order valence-electron chi connectivity index (χ3n) is 4.67. The van der Waals surface area contributed by atoms with Crippen LogP contribution in [-0.2, 0) is 0 Å². The first kappa shape index (κ1) is 24.0. The molecule has 0 spiro atoms. The summed E-state index contributed by atoms with van der Waals surface area (Å²) < 4.78 is 5.63. The number of carbonyl (C=O) groups excluding carboxylic acids is 2. The van der Waals surface area contributed by atoms with Gasteiger partial charge in [0.05, 0.1) is 33.3 Å². The van der Waals surface area contributed by atoms with Crippen LogP contribution in [0, 0.1) is 10.1 Å². The summed E-state index contributed by atoms with van der Waals surface area (Å²) in [6.45, 7) is 0.564. The highest BCUT2D eigenvalue weighted by Gasteiger charge is 2.19. The van der Waals surface area contributed by atoms with E-state index in [9.17, 15) is 19.7 Å². The number of ether oxygens (including phenoxy) is 1. The highest BCUT2D eigenvalue weighted by Crippen LogP contribution is 2.25. The first-order valence-corrected chi connectivity index (χ1v) is 10.5. The number of hydrogen-bond donors (Lipinski definition) is 1. The first-order chi connectivity index (χ1) is 15.8. The summed E-state index contributed by atoms with van der Waals surface area (Å²) in [5, 5.41) is 14.1. The monoisotopic (exact) mass is 487 g/mol. The van der Waals surface area contributed by atoms with Crippen LogP contribution < -0.4 is 10.1 Å². The van der Waals surface area contributed by atoms with E-state index in [2.05, 4.69) is 5.32 Å². The zero-order valence-electron chi connectivity index (χ0n) is 17.5. The fraction of sp³-hybridized carbons (Fsp3) is 0.130. The molecule has 0 aliphatic carbocycles. The minimum atomic E-state index is -0.603. The Kier molecular flexibility index (Phi) is 7.87. The molecule has 1 N–H and O–H groups in total.